The van der Waals surface area contributed by atoms with Crippen LogP contribution in [-0.2, 0) is 0 Å². The van der Waals surface area contributed by atoms with Gasteiger partial charge < -0.3 is 0 Å². The highest BCUT2D eigenvalue weighted by Gasteiger charge is 2.82. The first-order valence-electron chi connectivity index (χ1n) is 17.4. The molecule has 6 atom stereocenters. The summed E-state index contributed by atoms with van der Waals surface area (Å²) in [7, 11) is 0. The normalized spacial score (nSPS) is 38.8. The molecule has 0 heterocycles. The lowest BCUT2D eigenvalue weighted by molar-refractivity contribution is -0.196. The first kappa shape index (κ1) is 29.0. The van der Waals surface area contributed by atoms with E-state index in [1.165, 1.54) is 70.6 Å². The Bertz CT molecular complexity index is 706. The number of fused-ring (bicyclic) bond motifs is 5. The highest BCUT2D eigenvalue weighted by atomic mass is 14.9. The highest BCUT2D eigenvalue weighted by molar-refractivity contribution is 5.30. The smallest absolute Gasteiger partial charge is 0.0143 e. The van der Waals surface area contributed by atoms with Gasteiger partial charge in [-0.2, -0.15) is 0 Å². The summed E-state index contributed by atoms with van der Waals surface area (Å²) in [6.07, 6.45) is 25.1. The van der Waals surface area contributed by atoms with Crippen LogP contribution in [0.3, 0.4) is 0 Å². The van der Waals surface area contributed by atoms with Crippen molar-refractivity contribution in [3.05, 3.63) is 0 Å². The molecular weight excluding hydrogens is 432 g/mol. The first-order valence-corrected chi connectivity index (χ1v) is 17.4. The van der Waals surface area contributed by atoms with Crippen LogP contribution < -0.4 is 0 Å². The summed E-state index contributed by atoms with van der Waals surface area (Å²) < 4.78 is 0. The minimum Gasteiger partial charge on any atom is -0.0648 e. The lowest BCUT2D eigenvalue weighted by Gasteiger charge is -2.68. The van der Waals surface area contributed by atoms with Gasteiger partial charge in [0.25, 0.3) is 0 Å². The molecule has 36 heavy (non-hydrogen) atoms. The highest BCUT2D eigenvalue weighted by Crippen LogP contribution is 2.88. The molecule has 0 aromatic heterocycles. The van der Waals surface area contributed by atoms with E-state index in [0.29, 0.717) is 27.1 Å². The van der Waals surface area contributed by atoms with Crippen molar-refractivity contribution in [1.29, 1.82) is 0 Å². The number of hydrogen-bond acceptors (Lipinski definition) is 0. The van der Waals surface area contributed by atoms with Gasteiger partial charge in [-0.1, -0.05) is 81.6 Å². The van der Waals surface area contributed by atoms with Gasteiger partial charge in [-0.15, -0.1) is 0 Å². The third-order valence-electron chi connectivity index (χ3n) is 15.7. The van der Waals surface area contributed by atoms with Gasteiger partial charge in [-0.05, 0) is 147 Å². The fourth-order valence-corrected chi connectivity index (χ4v) is 14.8. The van der Waals surface area contributed by atoms with Crippen molar-refractivity contribution >= 4 is 0 Å². The molecular formula is C36H66. The van der Waals surface area contributed by atoms with Crippen LogP contribution in [-0.4, -0.2) is 0 Å². The van der Waals surface area contributed by atoms with E-state index >= 15 is 0 Å². The molecule has 0 aromatic carbocycles. The second-order valence-electron chi connectivity index (χ2n) is 14.4. The molecule has 1 unspecified atom stereocenters. The zero-order valence-electron chi connectivity index (χ0n) is 26.4. The van der Waals surface area contributed by atoms with E-state index in [1.807, 2.05) is 0 Å². The fraction of sp³-hybridized carbons (Fsp3) is 1.00. The molecule has 0 heteroatoms. The SMILES string of the molecule is CCC1(CC)[C@H]2[C@@H]3CCC4CCCC[C@@H]4[C@H]3CC[C@]2(C(CC)(CC)CC)C(CC)(CC)C1(CC)CC. The molecule has 0 aliphatic heterocycles. The van der Waals surface area contributed by atoms with Crippen LogP contribution >= 0.6 is 0 Å². The lowest BCUT2D eigenvalue weighted by atomic mass is 9.36. The van der Waals surface area contributed by atoms with Crippen molar-refractivity contribution in [1.82, 2.24) is 0 Å². The molecule has 0 saturated heterocycles. The maximum Gasteiger partial charge on any atom is -0.0143 e. The monoisotopic (exact) mass is 499 g/mol. The Morgan fingerprint density at radius 2 is 1.08 bits per heavy atom. The Hall–Kier alpha value is 0. The predicted octanol–water partition coefficient (Wildman–Crippen LogP) is 11.9. The van der Waals surface area contributed by atoms with E-state index in [4.69, 9.17) is 0 Å². The fourth-order valence-electron chi connectivity index (χ4n) is 14.8. The Morgan fingerprint density at radius 3 is 1.58 bits per heavy atom. The molecule has 4 saturated carbocycles. The van der Waals surface area contributed by atoms with Crippen LogP contribution in [0.25, 0.3) is 0 Å². The maximum absolute atomic E-state index is 2.65. The molecule has 4 fully saturated rings. The molecule has 0 aromatic rings. The van der Waals surface area contributed by atoms with Crippen molar-refractivity contribution in [2.45, 2.75) is 171 Å². The van der Waals surface area contributed by atoms with E-state index in [-0.39, 0.29) is 0 Å². The summed E-state index contributed by atoms with van der Waals surface area (Å²) in [6.45, 7) is 23.7. The van der Waals surface area contributed by atoms with Gasteiger partial charge in [0.2, 0.25) is 0 Å². The van der Waals surface area contributed by atoms with Gasteiger partial charge in [-0.25, -0.2) is 0 Å². The Balaban J connectivity index is 2.07. The predicted molar refractivity (Wildman–Crippen MR) is 159 cm³/mol. The summed E-state index contributed by atoms with van der Waals surface area (Å²) in [5.41, 5.74) is 2.50. The minimum absolute atomic E-state index is 0.483. The van der Waals surface area contributed by atoms with Gasteiger partial charge in [0.1, 0.15) is 0 Å². The van der Waals surface area contributed by atoms with E-state index < -0.39 is 0 Å². The van der Waals surface area contributed by atoms with Crippen LogP contribution in [0.15, 0.2) is 0 Å². The Labute approximate surface area is 227 Å². The molecule has 4 aliphatic carbocycles. The van der Waals surface area contributed by atoms with E-state index in [9.17, 15) is 0 Å². The Kier molecular flexibility index (Phi) is 8.48. The second kappa shape index (κ2) is 10.5. The van der Waals surface area contributed by atoms with E-state index in [0.717, 1.165) is 29.6 Å². The van der Waals surface area contributed by atoms with Gasteiger partial charge in [0.05, 0.1) is 0 Å². The first-order chi connectivity index (χ1) is 17.4. The zero-order valence-corrected chi connectivity index (χ0v) is 26.4. The second-order valence-corrected chi connectivity index (χ2v) is 14.4. The largest absolute Gasteiger partial charge is 0.0648 e. The summed E-state index contributed by atoms with van der Waals surface area (Å²) in [5.74, 6) is 5.13. The van der Waals surface area contributed by atoms with Crippen molar-refractivity contribution in [2.24, 2.45) is 56.7 Å². The van der Waals surface area contributed by atoms with E-state index in [1.54, 1.807) is 38.5 Å². The lowest BCUT2D eigenvalue weighted by Crippen LogP contribution is -2.61. The summed E-state index contributed by atoms with van der Waals surface area (Å²) >= 11 is 0. The summed E-state index contributed by atoms with van der Waals surface area (Å²) in [4.78, 5) is 0. The average Bonchev–Trinajstić information content (AvgIpc) is 3.14. The average molecular weight is 499 g/mol. The van der Waals surface area contributed by atoms with Gasteiger partial charge >= 0.3 is 0 Å². The van der Waals surface area contributed by atoms with Crippen LogP contribution in [0.2, 0.25) is 0 Å². The standard InChI is InChI=1S/C36H66/c1-10-32(11-2,12-3)36-26-25-29-28-22-20-19-21-27(28)23-24-30(29)31(36)33(13-4,14-5)34(15-6,16-7)35(36,17-8)18-9/h27-31H,10-26H2,1-9H3/t27?,28-,29+,30+,31+,36-/m0/s1. The molecule has 210 valence electrons. The number of hydrogen-bond donors (Lipinski definition) is 0. The van der Waals surface area contributed by atoms with Crippen LogP contribution in [0.5, 0.6) is 0 Å². The maximum atomic E-state index is 2.65. The summed E-state index contributed by atoms with van der Waals surface area (Å²) in [6, 6.07) is 0. The molecule has 0 bridgehead atoms. The Morgan fingerprint density at radius 1 is 0.528 bits per heavy atom. The van der Waals surface area contributed by atoms with Gasteiger partial charge in [-0.3, -0.25) is 0 Å². The van der Waals surface area contributed by atoms with Gasteiger partial charge in [0, 0.05) is 0 Å². The quantitative estimate of drug-likeness (QED) is 0.281. The third-order valence-corrected chi connectivity index (χ3v) is 15.7. The minimum atomic E-state index is 0.483. The molecule has 0 amide bonds. The van der Waals surface area contributed by atoms with Gasteiger partial charge in [0.15, 0.2) is 0 Å². The van der Waals surface area contributed by atoms with Crippen molar-refractivity contribution in [3.63, 3.8) is 0 Å². The van der Waals surface area contributed by atoms with Crippen molar-refractivity contribution < 1.29 is 0 Å². The third kappa shape index (κ3) is 3.12. The summed E-state index contributed by atoms with van der Waals surface area (Å²) in [5, 5.41) is 0. The molecule has 4 aliphatic rings. The van der Waals surface area contributed by atoms with Crippen molar-refractivity contribution in [3.8, 4) is 0 Å². The molecule has 4 rings (SSSR count). The molecule has 0 radical (unpaired) electrons. The van der Waals surface area contributed by atoms with E-state index in [2.05, 4.69) is 62.3 Å². The van der Waals surface area contributed by atoms with Crippen LogP contribution in [0, 0.1) is 56.7 Å². The topological polar surface area (TPSA) is 0 Å². The van der Waals surface area contributed by atoms with Crippen LogP contribution in [0.1, 0.15) is 171 Å². The molecule has 0 spiro atoms. The molecule has 0 N–H and O–H groups in total. The zero-order chi connectivity index (χ0) is 26.4. The number of rotatable bonds is 10. The van der Waals surface area contributed by atoms with Crippen molar-refractivity contribution in [2.75, 3.05) is 0 Å². The van der Waals surface area contributed by atoms with Crippen LogP contribution in [0.4, 0.5) is 0 Å². The molecule has 0 nitrogen and oxygen atoms in total.